The summed E-state index contributed by atoms with van der Waals surface area (Å²) >= 11 is 1.25. The number of halogens is 1. The van der Waals surface area contributed by atoms with Crippen LogP contribution in [0.15, 0.2) is 30.3 Å². The highest BCUT2D eigenvalue weighted by molar-refractivity contribution is 7.14. The van der Waals surface area contributed by atoms with Gasteiger partial charge in [0.05, 0.1) is 30.3 Å². The van der Waals surface area contributed by atoms with Gasteiger partial charge in [-0.25, -0.2) is 9.18 Å². The number of hydrogen-bond donors (Lipinski definition) is 1. The normalized spacial score (nSPS) is 18.1. The third kappa shape index (κ3) is 5.34. The number of morpholine rings is 1. The third-order valence-electron chi connectivity index (χ3n) is 5.64. The second-order valence-electron chi connectivity index (χ2n) is 8.11. The van der Waals surface area contributed by atoms with Gasteiger partial charge in [-0.1, -0.05) is 0 Å². The van der Waals surface area contributed by atoms with Gasteiger partial charge in [-0.3, -0.25) is 24.2 Å². The molecule has 1 aromatic carbocycles. The molecule has 2 saturated heterocycles. The lowest BCUT2D eigenvalue weighted by molar-refractivity contribution is -0.129. The number of benzene rings is 1. The van der Waals surface area contributed by atoms with E-state index in [0.29, 0.717) is 23.7 Å². The van der Waals surface area contributed by atoms with Crippen molar-refractivity contribution in [2.45, 2.75) is 19.4 Å². The first-order chi connectivity index (χ1) is 16.8. The Labute approximate surface area is 205 Å². The van der Waals surface area contributed by atoms with Gasteiger partial charge in [0.2, 0.25) is 5.91 Å². The predicted molar refractivity (Wildman–Crippen MR) is 126 cm³/mol. The number of carbonyl (C=O) groups is 4. The molecule has 0 saturated carbocycles. The van der Waals surface area contributed by atoms with E-state index < -0.39 is 29.8 Å². The average molecular weight is 505 g/mol. The molecule has 35 heavy (non-hydrogen) atoms. The molecule has 0 bridgehead atoms. The Hall–Kier alpha value is -3.35. The van der Waals surface area contributed by atoms with Crippen LogP contribution in [0.4, 0.5) is 20.6 Å². The number of nitrogens with zero attached hydrogens (tertiary/aromatic N) is 3. The fourth-order valence-corrected chi connectivity index (χ4v) is 4.75. The number of anilines is 2. The van der Waals surface area contributed by atoms with Crippen LogP contribution in [-0.2, 0) is 19.1 Å². The smallest absolute Gasteiger partial charge is 0.414 e. The molecule has 2 fully saturated rings. The van der Waals surface area contributed by atoms with E-state index in [2.05, 4.69) is 0 Å². The van der Waals surface area contributed by atoms with Crippen molar-refractivity contribution in [1.29, 1.82) is 0 Å². The number of amides is 4. The molecule has 0 aliphatic carbocycles. The number of rotatable bonds is 7. The van der Waals surface area contributed by atoms with E-state index in [-0.39, 0.29) is 44.3 Å². The summed E-state index contributed by atoms with van der Waals surface area (Å²) in [7, 11) is 0. The quantitative estimate of drug-likeness (QED) is 0.611. The van der Waals surface area contributed by atoms with Gasteiger partial charge >= 0.3 is 6.09 Å². The monoisotopic (exact) mass is 504 g/mol. The predicted octanol–water partition coefficient (Wildman–Crippen LogP) is 1.90. The zero-order valence-corrected chi connectivity index (χ0v) is 19.9. The maximum absolute atomic E-state index is 15.0. The van der Waals surface area contributed by atoms with Crippen molar-refractivity contribution in [1.82, 2.24) is 4.90 Å². The molecule has 2 aliphatic rings. The van der Waals surface area contributed by atoms with Gasteiger partial charge in [0.25, 0.3) is 11.8 Å². The number of ether oxygens (including phenoxy) is 2. The lowest BCUT2D eigenvalue weighted by Crippen LogP contribution is -2.43. The molecule has 1 atom stereocenters. The molecule has 2 N–H and O–H groups in total. The summed E-state index contributed by atoms with van der Waals surface area (Å²) in [6.45, 7) is 2.24. The molecule has 10 nitrogen and oxygen atoms in total. The van der Waals surface area contributed by atoms with Crippen LogP contribution < -0.4 is 15.5 Å². The molecular weight excluding hydrogens is 479 g/mol. The molecule has 0 radical (unpaired) electrons. The van der Waals surface area contributed by atoms with Crippen LogP contribution in [0.3, 0.4) is 0 Å². The molecule has 186 valence electrons. The van der Waals surface area contributed by atoms with Crippen molar-refractivity contribution in [3.8, 4) is 0 Å². The maximum atomic E-state index is 15.0. The number of imide groups is 1. The Kier molecular flexibility index (Phi) is 7.43. The minimum absolute atomic E-state index is 0.0259. The van der Waals surface area contributed by atoms with Crippen LogP contribution >= 0.6 is 11.3 Å². The number of cyclic esters (lactones) is 1. The van der Waals surface area contributed by atoms with Crippen LogP contribution in [0.25, 0.3) is 0 Å². The SMILES string of the molecule is Cc1ccc(C(=O)N(C[C@H]2CN(c3ccc(N4CCOCC4=O)cc3F)C(=O)O2)C(=O)CCN)s1. The fraction of sp³-hybridized carbons (Fsp3) is 0.391. The van der Waals surface area contributed by atoms with E-state index >= 15 is 0 Å². The summed E-state index contributed by atoms with van der Waals surface area (Å²) in [6.07, 6.45) is -1.69. The molecule has 0 unspecified atom stereocenters. The van der Waals surface area contributed by atoms with Crippen molar-refractivity contribution in [2.75, 3.05) is 49.2 Å². The van der Waals surface area contributed by atoms with Crippen LogP contribution in [-0.4, -0.2) is 74.2 Å². The number of carbonyl (C=O) groups excluding carboxylic acids is 4. The van der Waals surface area contributed by atoms with E-state index in [1.54, 1.807) is 18.2 Å². The van der Waals surface area contributed by atoms with Crippen molar-refractivity contribution >= 4 is 46.5 Å². The lowest BCUT2D eigenvalue weighted by atomic mass is 10.2. The summed E-state index contributed by atoms with van der Waals surface area (Å²) in [4.78, 5) is 55.0. The van der Waals surface area contributed by atoms with Crippen molar-refractivity contribution in [3.63, 3.8) is 0 Å². The molecular formula is C23H25FN4O6S. The Balaban J connectivity index is 1.49. The Bertz CT molecular complexity index is 1150. The Morgan fingerprint density at radius 3 is 2.69 bits per heavy atom. The van der Waals surface area contributed by atoms with E-state index in [4.69, 9.17) is 15.2 Å². The number of nitrogens with two attached hydrogens (primary N) is 1. The van der Waals surface area contributed by atoms with Crippen molar-refractivity contribution in [2.24, 2.45) is 5.73 Å². The van der Waals surface area contributed by atoms with E-state index in [9.17, 15) is 23.6 Å². The second kappa shape index (κ2) is 10.5. The van der Waals surface area contributed by atoms with Crippen LogP contribution in [0.5, 0.6) is 0 Å². The third-order valence-corrected chi connectivity index (χ3v) is 6.62. The first-order valence-electron chi connectivity index (χ1n) is 11.1. The molecule has 4 amide bonds. The molecule has 12 heteroatoms. The molecule has 2 aliphatic heterocycles. The van der Waals surface area contributed by atoms with Crippen molar-refractivity contribution in [3.05, 3.63) is 45.9 Å². The largest absolute Gasteiger partial charge is 0.442 e. The summed E-state index contributed by atoms with van der Waals surface area (Å²) in [5, 5.41) is 0. The molecule has 3 heterocycles. The summed E-state index contributed by atoms with van der Waals surface area (Å²) < 4.78 is 25.4. The van der Waals surface area contributed by atoms with Gasteiger partial charge in [-0.2, -0.15) is 0 Å². The number of thiophene rings is 1. The van der Waals surface area contributed by atoms with Crippen molar-refractivity contribution < 1.29 is 33.0 Å². The van der Waals surface area contributed by atoms with Gasteiger partial charge in [0, 0.05) is 30.1 Å². The minimum Gasteiger partial charge on any atom is -0.442 e. The standard InChI is InChI=1S/C23H25FN4O6S/c1-14-2-5-19(35-14)22(31)28(20(29)6-7-25)12-16-11-27(23(32)34-16)18-4-3-15(10-17(18)24)26-8-9-33-13-21(26)30/h2-5,10,16H,6-9,11-13,25H2,1H3/t16-/m1/s1. The lowest BCUT2D eigenvalue weighted by Gasteiger charge is -2.27. The van der Waals surface area contributed by atoms with Gasteiger partial charge in [0.15, 0.2) is 0 Å². The molecule has 1 aromatic heterocycles. The van der Waals surface area contributed by atoms with E-state index in [1.165, 1.54) is 28.4 Å². The topological polar surface area (TPSA) is 122 Å². The minimum atomic E-state index is -0.853. The van der Waals surface area contributed by atoms with Gasteiger partial charge in [0.1, 0.15) is 18.5 Å². The van der Waals surface area contributed by atoms with E-state index in [1.807, 2.05) is 6.92 Å². The fourth-order valence-electron chi connectivity index (χ4n) is 3.93. The number of hydrogen-bond acceptors (Lipinski definition) is 8. The number of aryl methyl sites for hydroxylation is 1. The first kappa shape index (κ1) is 24.8. The Morgan fingerprint density at radius 1 is 1.23 bits per heavy atom. The average Bonchev–Trinajstić information content (AvgIpc) is 3.42. The zero-order valence-electron chi connectivity index (χ0n) is 19.1. The van der Waals surface area contributed by atoms with Gasteiger partial charge < -0.3 is 20.1 Å². The summed E-state index contributed by atoms with van der Waals surface area (Å²) in [6, 6.07) is 7.53. The summed E-state index contributed by atoms with van der Waals surface area (Å²) in [5.41, 5.74) is 5.84. The molecule has 2 aromatic rings. The second-order valence-corrected chi connectivity index (χ2v) is 9.40. The highest BCUT2D eigenvalue weighted by atomic mass is 32.1. The zero-order chi connectivity index (χ0) is 25.1. The van der Waals surface area contributed by atoms with Crippen LogP contribution in [0, 0.1) is 12.7 Å². The maximum Gasteiger partial charge on any atom is 0.414 e. The van der Waals surface area contributed by atoms with Gasteiger partial charge in [-0.05, 0) is 37.3 Å². The van der Waals surface area contributed by atoms with Gasteiger partial charge in [-0.15, -0.1) is 11.3 Å². The van der Waals surface area contributed by atoms with Crippen LogP contribution in [0.1, 0.15) is 21.0 Å². The van der Waals surface area contributed by atoms with E-state index in [0.717, 1.165) is 14.7 Å². The molecule has 4 rings (SSSR count). The Morgan fingerprint density at radius 2 is 2.03 bits per heavy atom. The summed E-state index contributed by atoms with van der Waals surface area (Å²) in [5.74, 6) is -1.97. The van der Waals surface area contributed by atoms with Crippen LogP contribution in [0.2, 0.25) is 0 Å². The highest BCUT2D eigenvalue weighted by Gasteiger charge is 2.37. The first-order valence-corrected chi connectivity index (χ1v) is 11.9. The highest BCUT2D eigenvalue weighted by Crippen LogP contribution is 2.29. The molecule has 0 spiro atoms.